The molecule has 2 heterocycles. The number of ether oxygens (including phenoxy) is 1. The van der Waals surface area contributed by atoms with E-state index in [0.717, 1.165) is 11.3 Å². The van der Waals surface area contributed by atoms with Gasteiger partial charge >= 0.3 is 0 Å². The molecule has 164 valence electrons. The minimum Gasteiger partial charge on any atom is -0.489 e. The molecule has 0 bridgehead atoms. The van der Waals surface area contributed by atoms with Gasteiger partial charge in [-0.25, -0.2) is 4.39 Å². The summed E-state index contributed by atoms with van der Waals surface area (Å²) in [5, 5.41) is 11.2. The van der Waals surface area contributed by atoms with Crippen LogP contribution in [0.1, 0.15) is 38.6 Å². The first-order chi connectivity index (χ1) is 15.4. The second-order valence-electron chi connectivity index (χ2n) is 7.52. The molecule has 0 saturated heterocycles. The molecule has 8 heteroatoms. The van der Waals surface area contributed by atoms with Crippen molar-refractivity contribution in [2.75, 3.05) is 5.32 Å². The molecule has 0 unspecified atom stereocenters. The first kappa shape index (κ1) is 21.3. The van der Waals surface area contributed by atoms with Gasteiger partial charge in [0.2, 0.25) is 0 Å². The van der Waals surface area contributed by atoms with E-state index in [0.29, 0.717) is 29.4 Å². The second kappa shape index (κ2) is 9.05. The van der Waals surface area contributed by atoms with Gasteiger partial charge in [-0.2, -0.15) is 5.10 Å². The van der Waals surface area contributed by atoms with Crippen LogP contribution in [-0.4, -0.2) is 20.8 Å². The van der Waals surface area contributed by atoms with E-state index in [2.05, 4.69) is 34.6 Å². The first-order valence-electron chi connectivity index (χ1n) is 10.1. The van der Waals surface area contributed by atoms with Crippen molar-refractivity contribution in [1.29, 1.82) is 0 Å². The van der Waals surface area contributed by atoms with Crippen molar-refractivity contribution >= 4 is 11.7 Å². The Labute approximate surface area is 184 Å². The van der Waals surface area contributed by atoms with Gasteiger partial charge in [-0.3, -0.25) is 9.48 Å². The minimum absolute atomic E-state index is 0.0162. The third-order valence-electron chi connectivity index (χ3n) is 5.18. The highest BCUT2D eigenvalue weighted by atomic mass is 19.1. The fraction of sp³-hybridized carbons (Fsp3) is 0.208. The molecule has 7 nitrogen and oxygen atoms in total. The van der Waals surface area contributed by atoms with Crippen molar-refractivity contribution in [3.8, 4) is 5.75 Å². The van der Waals surface area contributed by atoms with Crippen molar-refractivity contribution in [3.63, 3.8) is 0 Å². The molecule has 0 aliphatic carbocycles. The molecule has 0 aliphatic rings. The number of carbonyl (C=O) groups excluding carboxylic acids is 1. The van der Waals surface area contributed by atoms with E-state index in [9.17, 15) is 9.18 Å². The van der Waals surface area contributed by atoms with Crippen LogP contribution in [0.3, 0.4) is 0 Å². The molecule has 2 aromatic heterocycles. The highest BCUT2D eigenvalue weighted by Gasteiger charge is 2.21. The van der Waals surface area contributed by atoms with Gasteiger partial charge in [0.1, 0.15) is 23.9 Å². The smallest absolute Gasteiger partial charge is 0.279 e. The zero-order chi connectivity index (χ0) is 22.7. The summed E-state index contributed by atoms with van der Waals surface area (Å²) < 4.78 is 26.0. The van der Waals surface area contributed by atoms with Crippen molar-refractivity contribution < 1.29 is 18.4 Å². The lowest BCUT2D eigenvalue weighted by Crippen LogP contribution is -2.16. The largest absolute Gasteiger partial charge is 0.489 e. The molecule has 0 fully saturated rings. The van der Waals surface area contributed by atoms with E-state index < -0.39 is 11.7 Å². The normalized spacial score (nSPS) is 10.9. The lowest BCUT2D eigenvalue weighted by atomic mass is 10.1. The monoisotopic (exact) mass is 434 g/mol. The number of rotatable bonds is 7. The van der Waals surface area contributed by atoms with Gasteiger partial charge in [-0.05, 0) is 44.0 Å². The number of amides is 1. The summed E-state index contributed by atoms with van der Waals surface area (Å²) in [6.07, 6.45) is 0. The Morgan fingerprint density at radius 2 is 1.94 bits per heavy atom. The van der Waals surface area contributed by atoms with E-state index in [1.165, 1.54) is 17.7 Å². The molecule has 0 radical (unpaired) electrons. The van der Waals surface area contributed by atoms with Gasteiger partial charge < -0.3 is 14.6 Å². The van der Waals surface area contributed by atoms with Crippen LogP contribution in [-0.2, 0) is 13.2 Å². The van der Waals surface area contributed by atoms with Crippen molar-refractivity contribution in [2.24, 2.45) is 0 Å². The highest BCUT2D eigenvalue weighted by Crippen LogP contribution is 2.20. The Hall–Kier alpha value is -3.94. The Kier molecular flexibility index (Phi) is 6.02. The molecule has 1 N–H and O–H groups in total. The average molecular weight is 434 g/mol. The average Bonchev–Trinajstić information content (AvgIpc) is 3.30. The summed E-state index contributed by atoms with van der Waals surface area (Å²) in [7, 11) is 0. The van der Waals surface area contributed by atoms with E-state index in [1.54, 1.807) is 25.1 Å². The third-order valence-corrected chi connectivity index (χ3v) is 5.18. The molecule has 4 aromatic rings. The maximum absolute atomic E-state index is 13.4. The van der Waals surface area contributed by atoms with Gasteiger partial charge in [0.25, 0.3) is 5.91 Å². The number of benzene rings is 2. The quantitative estimate of drug-likeness (QED) is 0.451. The van der Waals surface area contributed by atoms with Crippen LogP contribution in [0.25, 0.3) is 0 Å². The highest BCUT2D eigenvalue weighted by molar-refractivity contribution is 6.03. The Balaban J connectivity index is 1.47. The number of aromatic nitrogens is 3. The Morgan fingerprint density at radius 3 is 2.72 bits per heavy atom. The maximum atomic E-state index is 13.4. The zero-order valence-electron chi connectivity index (χ0n) is 18.1. The molecule has 0 aliphatic heterocycles. The van der Waals surface area contributed by atoms with E-state index in [1.807, 2.05) is 23.7 Å². The Morgan fingerprint density at radius 1 is 1.12 bits per heavy atom. The number of carbonyl (C=O) groups is 1. The van der Waals surface area contributed by atoms with Crippen molar-refractivity contribution in [2.45, 2.75) is 33.9 Å². The molecule has 0 atom stereocenters. The zero-order valence-corrected chi connectivity index (χ0v) is 18.1. The Bertz CT molecular complexity index is 1260. The number of nitrogens with one attached hydrogen (secondary N) is 1. The van der Waals surface area contributed by atoms with Gasteiger partial charge in [0.05, 0.1) is 12.1 Å². The predicted octanol–water partition coefficient (Wildman–Crippen LogP) is 4.82. The molecular formula is C24H23FN4O3. The standard InChI is InChI=1S/C24H23FN4O3/c1-15-7-4-5-8-18(15)13-29-16(2)11-22(27-29)26-24(30)23-21(17(3)32-28-23)14-31-20-10-6-9-19(25)12-20/h4-12H,13-14H2,1-3H3,(H,26,27,30). The topological polar surface area (TPSA) is 82.2 Å². The van der Waals surface area contributed by atoms with Crippen LogP contribution in [0.4, 0.5) is 10.2 Å². The molecule has 0 saturated carbocycles. The number of aryl methyl sites for hydroxylation is 3. The lowest BCUT2D eigenvalue weighted by molar-refractivity contribution is 0.101. The second-order valence-corrected chi connectivity index (χ2v) is 7.52. The number of hydrogen-bond acceptors (Lipinski definition) is 5. The molecule has 2 aromatic carbocycles. The summed E-state index contributed by atoms with van der Waals surface area (Å²) in [5.41, 5.74) is 3.83. The van der Waals surface area contributed by atoms with Crippen LogP contribution < -0.4 is 10.1 Å². The summed E-state index contributed by atoms with van der Waals surface area (Å²) in [5.74, 6) is 0.355. The fourth-order valence-corrected chi connectivity index (χ4v) is 3.31. The summed E-state index contributed by atoms with van der Waals surface area (Å²) in [4.78, 5) is 12.8. The van der Waals surface area contributed by atoms with Gasteiger partial charge in [0, 0.05) is 17.8 Å². The van der Waals surface area contributed by atoms with E-state index in [-0.39, 0.29) is 12.3 Å². The van der Waals surface area contributed by atoms with Crippen molar-refractivity contribution in [1.82, 2.24) is 14.9 Å². The summed E-state index contributed by atoms with van der Waals surface area (Å²) >= 11 is 0. The maximum Gasteiger partial charge on any atom is 0.279 e. The van der Waals surface area contributed by atoms with Gasteiger partial charge in [0.15, 0.2) is 11.5 Å². The summed E-state index contributed by atoms with van der Waals surface area (Å²) in [6, 6.07) is 15.7. The molecule has 32 heavy (non-hydrogen) atoms. The van der Waals surface area contributed by atoms with Crippen LogP contribution >= 0.6 is 0 Å². The van der Waals surface area contributed by atoms with E-state index in [4.69, 9.17) is 9.26 Å². The molecule has 1 amide bonds. The van der Waals surface area contributed by atoms with Gasteiger partial charge in [-0.1, -0.05) is 35.5 Å². The summed E-state index contributed by atoms with van der Waals surface area (Å²) in [6.45, 7) is 6.29. The van der Waals surface area contributed by atoms with Crippen LogP contribution in [0.2, 0.25) is 0 Å². The molecular weight excluding hydrogens is 411 g/mol. The number of nitrogens with zero attached hydrogens (tertiary/aromatic N) is 3. The van der Waals surface area contributed by atoms with Gasteiger partial charge in [-0.15, -0.1) is 0 Å². The SMILES string of the molecule is Cc1ccccc1Cn1nc(NC(=O)c2noc(C)c2COc2cccc(F)c2)cc1C. The number of halogens is 1. The fourth-order valence-electron chi connectivity index (χ4n) is 3.31. The van der Waals surface area contributed by atoms with E-state index >= 15 is 0 Å². The number of hydrogen-bond donors (Lipinski definition) is 1. The third kappa shape index (κ3) is 4.69. The predicted molar refractivity (Wildman–Crippen MR) is 117 cm³/mol. The number of anilines is 1. The lowest BCUT2D eigenvalue weighted by Gasteiger charge is -2.07. The molecule has 4 rings (SSSR count). The van der Waals surface area contributed by atoms with Crippen molar-refractivity contribution in [3.05, 3.63) is 94.3 Å². The van der Waals surface area contributed by atoms with Crippen LogP contribution in [0.15, 0.2) is 59.1 Å². The first-order valence-corrected chi connectivity index (χ1v) is 10.1. The van der Waals surface area contributed by atoms with Crippen LogP contribution in [0, 0.1) is 26.6 Å². The van der Waals surface area contributed by atoms with Crippen LogP contribution in [0.5, 0.6) is 5.75 Å². The molecule has 0 spiro atoms. The minimum atomic E-state index is -0.458.